The third-order valence-electron chi connectivity index (χ3n) is 12.4. The van der Waals surface area contributed by atoms with Crippen LogP contribution >= 0.6 is 22.7 Å². The summed E-state index contributed by atoms with van der Waals surface area (Å²) in [6, 6.07) is 46.0. The second kappa shape index (κ2) is 9.94. The number of rotatable bonds is 2. The molecule has 0 saturated carbocycles. The maximum absolute atomic E-state index is 2.69. The average Bonchev–Trinajstić information content (AvgIpc) is 3.87. The van der Waals surface area contributed by atoms with Crippen molar-refractivity contribution in [2.45, 2.75) is 44.4 Å². The van der Waals surface area contributed by atoms with Crippen molar-refractivity contribution < 1.29 is 0 Å². The van der Waals surface area contributed by atoms with Crippen molar-refractivity contribution in [1.82, 2.24) is 0 Å². The van der Waals surface area contributed by atoms with Crippen molar-refractivity contribution in [2.75, 3.05) is 0 Å². The molecule has 2 atom stereocenters. The fourth-order valence-electron chi connectivity index (χ4n) is 9.77. The minimum absolute atomic E-state index is 0.0236. The summed E-state index contributed by atoms with van der Waals surface area (Å²) >= 11 is 3.83. The molecule has 0 aliphatic heterocycles. The van der Waals surface area contributed by atoms with Gasteiger partial charge in [-0.05, 0) is 119 Å². The van der Waals surface area contributed by atoms with Crippen LogP contribution in [0.5, 0.6) is 0 Å². The molecule has 0 radical (unpaired) electrons. The minimum atomic E-state index is -0.0781. The molecule has 0 nitrogen and oxygen atoms in total. The van der Waals surface area contributed by atoms with E-state index < -0.39 is 0 Å². The number of benzene rings is 6. The van der Waals surface area contributed by atoms with Crippen molar-refractivity contribution in [2.24, 2.45) is 5.92 Å². The number of allylic oxidation sites excluding steroid dienone is 4. The number of fused-ring (bicyclic) bond motifs is 12. The molecule has 11 rings (SSSR count). The first-order valence-electron chi connectivity index (χ1n) is 17.8. The van der Waals surface area contributed by atoms with Crippen molar-refractivity contribution in [3.8, 4) is 20.9 Å². The fraction of sp³-hybridized carbons (Fsp3) is 0.167. The summed E-state index contributed by atoms with van der Waals surface area (Å²) < 4.78 is 2.70. The van der Waals surface area contributed by atoms with Gasteiger partial charge in [0, 0.05) is 36.1 Å². The van der Waals surface area contributed by atoms with E-state index in [1.165, 1.54) is 96.0 Å². The lowest BCUT2D eigenvalue weighted by atomic mass is 9.70. The lowest BCUT2D eigenvalue weighted by Crippen LogP contribution is -2.27. The van der Waals surface area contributed by atoms with E-state index in [1.807, 2.05) is 22.7 Å². The Hall–Kier alpha value is -4.76. The van der Waals surface area contributed by atoms with E-state index in [0.29, 0.717) is 11.8 Å². The van der Waals surface area contributed by atoms with Crippen LogP contribution in [-0.2, 0) is 10.8 Å². The largest absolute Gasteiger partial charge is 0.135 e. The standard InChI is InChI=1S/C48H36S2/c1-47(2)37-21-30(43-22-28-12-6-9-15-41(28)49-43)18-19-32(37)34-24-39-35(25-38(34)47)46-33-20-17-27-11-5-8-14-31(27)45(33)36(26-40(46)48(39,3)4)44-23-29-13-7-10-16-42(29)50-44/h5-26,35,39H,1-4H3. The topological polar surface area (TPSA) is 0 Å². The zero-order valence-corrected chi connectivity index (χ0v) is 30.3. The van der Waals surface area contributed by atoms with Crippen LogP contribution in [0.4, 0.5) is 0 Å². The minimum Gasteiger partial charge on any atom is -0.135 e. The Balaban J connectivity index is 1.12. The number of hydrogen-bond acceptors (Lipinski definition) is 2. The summed E-state index contributed by atoms with van der Waals surface area (Å²) in [6.45, 7) is 9.90. The summed E-state index contributed by atoms with van der Waals surface area (Å²) in [7, 11) is 0. The smallest absolute Gasteiger partial charge is 0.0361 e. The van der Waals surface area contributed by atoms with Crippen LogP contribution in [0.15, 0.2) is 139 Å². The van der Waals surface area contributed by atoms with Gasteiger partial charge in [-0.15, -0.1) is 22.7 Å². The van der Waals surface area contributed by atoms with E-state index in [9.17, 15) is 0 Å². The Labute approximate surface area is 301 Å². The number of hydrogen-bond donors (Lipinski definition) is 0. The Morgan fingerprint density at radius 2 is 1.22 bits per heavy atom. The van der Waals surface area contributed by atoms with Gasteiger partial charge < -0.3 is 0 Å². The summed E-state index contributed by atoms with van der Waals surface area (Å²) in [5.74, 6) is 0.710. The van der Waals surface area contributed by atoms with E-state index in [4.69, 9.17) is 0 Å². The van der Waals surface area contributed by atoms with Crippen LogP contribution in [0, 0.1) is 5.92 Å². The fourth-order valence-corrected chi connectivity index (χ4v) is 11.9. The summed E-state index contributed by atoms with van der Waals surface area (Å²) in [6.07, 6.45) is 5.37. The number of thiophene rings is 2. The van der Waals surface area contributed by atoms with Gasteiger partial charge in [0.25, 0.3) is 0 Å². The van der Waals surface area contributed by atoms with Crippen molar-refractivity contribution in [1.29, 1.82) is 0 Å². The highest BCUT2D eigenvalue weighted by molar-refractivity contribution is 7.22. The van der Waals surface area contributed by atoms with Crippen LogP contribution in [0.2, 0.25) is 0 Å². The van der Waals surface area contributed by atoms with Gasteiger partial charge in [0.2, 0.25) is 0 Å². The van der Waals surface area contributed by atoms with E-state index in [2.05, 4.69) is 161 Å². The third-order valence-corrected chi connectivity index (χ3v) is 14.7. The first kappa shape index (κ1) is 29.0. The monoisotopic (exact) mass is 676 g/mol. The molecule has 2 unspecified atom stereocenters. The van der Waals surface area contributed by atoms with Crippen LogP contribution in [0.3, 0.4) is 0 Å². The third kappa shape index (κ3) is 3.81. The SMILES string of the molecule is CC1(C)C2=CC3c4c(cc(-c5cc6ccccc6s5)c5c4ccc4ccccc45)C(C)(C)C3C=C2c2ccc(-c3cc4ccccc4s3)cc21. The molecule has 0 bridgehead atoms. The van der Waals surface area contributed by atoms with E-state index in [-0.39, 0.29) is 10.8 Å². The summed E-state index contributed by atoms with van der Waals surface area (Å²) in [5, 5.41) is 8.14. The first-order valence-corrected chi connectivity index (χ1v) is 19.5. The first-order chi connectivity index (χ1) is 24.3. The van der Waals surface area contributed by atoms with Gasteiger partial charge in [-0.2, -0.15) is 0 Å². The molecule has 0 amide bonds. The van der Waals surface area contributed by atoms with Gasteiger partial charge in [-0.1, -0.05) is 125 Å². The van der Waals surface area contributed by atoms with Crippen LogP contribution < -0.4 is 0 Å². The molecule has 240 valence electrons. The summed E-state index contributed by atoms with van der Waals surface area (Å²) in [4.78, 5) is 2.71. The van der Waals surface area contributed by atoms with Crippen molar-refractivity contribution in [3.63, 3.8) is 0 Å². The Morgan fingerprint density at radius 1 is 0.540 bits per heavy atom. The molecule has 0 N–H and O–H groups in total. The molecule has 2 heteroatoms. The van der Waals surface area contributed by atoms with Crippen LogP contribution in [0.25, 0.3) is 68.2 Å². The quantitative estimate of drug-likeness (QED) is 0.160. The average molecular weight is 677 g/mol. The van der Waals surface area contributed by atoms with Crippen LogP contribution in [0.1, 0.15) is 55.9 Å². The molecule has 8 aromatic rings. The Kier molecular flexibility index (Phi) is 5.77. The normalized spacial score (nSPS) is 19.8. The molecule has 3 aliphatic rings. The molecule has 0 fully saturated rings. The van der Waals surface area contributed by atoms with Gasteiger partial charge in [-0.3, -0.25) is 0 Å². The highest BCUT2D eigenvalue weighted by Gasteiger charge is 2.50. The maximum atomic E-state index is 2.69. The molecular formula is C48H36S2. The zero-order chi connectivity index (χ0) is 33.5. The van der Waals surface area contributed by atoms with Crippen molar-refractivity contribution in [3.05, 3.63) is 161 Å². The lowest BCUT2D eigenvalue weighted by Gasteiger charge is -2.33. The molecular weight excluding hydrogens is 641 g/mol. The Morgan fingerprint density at radius 3 is 1.98 bits per heavy atom. The van der Waals surface area contributed by atoms with Gasteiger partial charge in [0.15, 0.2) is 0 Å². The molecule has 3 aliphatic carbocycles. The highest BCUT2D eigenvalue weighted by Crippen LogP contribution is 2.63. The molecule has 2 aromatic heterocycles. The zero-order valence-electron chi connectivity index (χ0n) is 28.7. The van der Waals surface area contributed by atoms with Gasteiger partial charge in [-0.25, -0.2) is 0 Å². The van der Waals surface area contributed by atoms with E-state index >= 15 is 0 Å². The predicted octanol–water partition coefficient (Wildman–Crippen LogP) is 14.1. The molecule has 0 saturated heterocycles. The van der Waals surface area contributed by atoms with Gasteiger partial charge in [0.1, 0.15) is 0 Å². The Bertz CT molecular complexity index is 2760. The molecule has 2 heterocycles. The molecule has 50 heavy (non-hydrogen) atoms. The van der Waals surface area contributed by atoms with E-state index in [0.717, 1.165) is 0 Å². The summed E-state index contributed by atoms with van der Waals surface area (Å²) in [5.41, 5.74) is 11.5. The lowest BCUT2D eigenvalue weighted by molar-refractivity contribution is 0.393. The second-order valence-electron chi connectivity index (χ2n) is 15.7. The van der Waals surface area contributed by atoms with E-state index in [1.54, 1.807) is 0 Å². The van der Waals surface area contributed by atoms with Gasteiger partial charge >= 0.3 is 0 Å². The predicted molar refractivity (Wildman–Crippen MR) is 218 cm³/mol. The van der Waals surface area contributed by atoms with Gasteiger partial charge in [0.05, 0.1) is 0 Å². The van der Waals surface area contributed by atoms with Crippen molar-refractivity contribution >= 4 is 70.0 Å². The molecule has 0 spiro atoms. The van der Waals surface area contributed by atoms with Crippen LogP contribution in [-0.4, -0.2) is 0 Å². The molecule has 6 aromatic carbocycles. The highest BCUT2D eigenvalue weighted by atomic mass is 32.1. The maximum Gasteiger partial charge on any atom is 0.0361 e. The second-order valence-corrected chi connectivity index (χ2v) is 17.9.